The van der Waals surface area contributed by atoms with Gasteiger partial charge in [-0.05, 0) is 46.2 Å². The summed E-state index contributed by atoms with van der Waals surface area (Å²) >= 11 is 0. The van der Waals surface area contributed by atoms with Gasteiger partial charge in [-0.1, -0.05) is 49.4 Å². The number of carbonyl (C=O) groups excluding carboxylic acids is 1. The highest BCUT2D eigenvalue weighted by atomic mass is 28.3. The molecule has 2 atom stereocenters. The third-order valence-electron chi connectivity index (χ3n) is 4.02. The fraction of sp³-hybridized carbons (Fsp3) is 0.609. The Morgan fingerprint density at radius 2 is 1.82 bits per heavy atom. The standard InChI is InChI=1S/C23H41NO3Si/c1-18(2)14-22(27-17-26-12-13-28(7,8)9)21(6)16-20(5)10-11-24-23(25)15-19(3)4/h10-11,15-16,21-22H,1,12-14,17H2,2-9H3,(H,24,25)/b11-10+,20-16+/t21?,22-/m1/s1. The van der Waals surface area contributed by atoms with Gasteiger partial charge in [-0.2, -0.15) is 0 Å². The molecule has 0 aromatic carbocycles. The summed E-state index contributed by atoms with van der Waals surface area (Å²) in [5.41, 5.74) is 3.13. The van der Waals surface area contributed by atoms with Crippen LogP contribution in [0.25, 0.3) is 0 Å². The Hall–Kier alpha value is -1.43. The van der Waals surface area contributed by atoms with Crippen molar-refractivity contribution in [2.75, 3.05) is 13.4 Å². The molecular weight excluding hydrogens is 366 g/mol. The van der Waals surface area contributed by atoms with Crippen LogP contribution in [0.4, 0.5) is 0 Å². The van der Waals surface area contributed by atoms with Gasteiger partial charge < -0.3 is 14.8 Å². The largest absolute Gasteiger partial charge is 0.356 e. The molecule has 1 unspecified atom stereocenters. The van der Waals surface area contributed by atoms with Gasteiger partial charge in [0, 0.05) is 32.9 Å². The van der Waals surface area contributed by atoms with Crippen molar-refractivity contribution in [3.8, 4) is 0 Å². The maximum absolute atomic E-state index is 11.6. The molecule has 0 bridgehead atoms. The second-order valence-corrected chi connectivity index (χ2v) is 14.7. The summed E-state index contributed by atoms with van der Waals surface area (Å²) in [6.07, 6.45) is 8.12. The van der Waals surface area contributed by atoms with Gasteiger partial charge in [-0.15, -0.1) is 6.58 Å². The van der Waals surface area contributed by atoms with Crippen LogP contribution >= 0.6 is 0 Å². The molecule has 0 rings (SSSR count). The number of hydrogen-bond acceptors (Lipinski definition) is 3. The van der Waals surface area contributed by atoms with Crippen LogP contribution in [0.15, 0.2) is 47.7 Å². The van der Waals surface area contributed by atoms with Crippen molar-refractivity contribution < 1.29 is 14.3 Å². The summed E-state index contributed by atoms with van der Waals surface area (Å²) < 4.78 is 11.7. The van der Waals surface area contributed by atoms with E-state index in [0.717, 1.165) is 35.8 Å². The molecule has 0 fully saturated rings. The molecule has 5 heteroatoms. The van der Waals surface area contributed by atoms with Gasteiger partial charge in [-0.3, -0.25) is 4.79 Å². The van der Waals surface area contributed by atoms with E-state index >= 15 is 0 Å². The van der Waals surface area contributed by atoms with Crippen LogP contribution in [-0.4, -0.2) is 33.5 Å². The fourth-order valence-electron chi connectivity index (χ4n) is 2.45. The molecule has 0 aromatic heterocycles. The van der Waals surface area contributed by atoms with Crippen molar-refractivity contribution in [3.63, 3.8) is 0 Å². The number of hydrogen-bond donors (Lipinski definition) is 1. The predicted molar refractivity (Wildman–Crippen MR) is 123 cm³/mol. The fourth-order valence-corrected chi connectivity index (χ4v) is 3.21. The highest BCUT2D eigenvalue weighted by Gasteiger charge is 2.17. The lowest BCUT2D eigenvalue weighted by atomic mass is 9.96. The Morgan fingerprint density at radius 1 is 1.18 bits per heavy atom. The molecule has 0 aromatic rings. The van der Waals surface area contributed by atoms with Crippen molar-refractivity contribution >= 4 is 14.0 Å². The first-order valence-electron chi connectivity index (χ1n) is 10.0. The van der Waals surface area contributed by atoms with E-state index in [0.29, 0.717) is 6.79 Å². The van der Waals surface area contributed by atoms with Crippen molar-refractivity contribution in [1.82, 2.24) is 5.32 Å². The van der Waals surface area contributed by atoms with Gasteiger partial charge in [0.25, 0.3) is 0 Å². The summed E-state index contributed by atoms with van der Waals surface area (Å²) in [6.45, 7) is 22.1. The normalized spacial score (nSPS) is 14.6. The van der Waals surface area contributed by atoms with Crippen molar-refractivity contribution in [1.29, 1.82) is 0 Å². The van der Waals surface area contributed by atoms with Crippen LogP contribution in [0.5, 0.6) is 0 Å². The number of rotatable bonds is 13. The number of carbonyl (C=O) groups is 1. The molecular formula is C23H41NO3Si. The minimum absolute atomic E-state index is 0.0213. The maximum atomic E-state index is 11.6. The lowest BCUT2D eigenvalue weighted by Gasteiger charge is -2.23. The summed E-state index contributed by atoms with van der Waals surface area (Å²) in [7, 11) is -1.08. The number of allylic oxidation sites excluding steroid dienone is 3. The summed E-state index contributed by atoms with van der Waals surface area (Å²) in [5.74, 6) is 0.0893. The van der Waals surface area contributed by atoms with E-state index in [4.69, 9.17) is 9.47 Å². The minimum Gasteiger partial charge on any atom is -0.356 e. The first-order valence-corrected chi connectivity index (χ1v) is 13.8. The second kappa shape index (κ2) is 13.7. The zero-order chi connectivity index (χ0) is 21.7. The Bertz CT molecular complexity index is 581. The molecule has 0 radical (unpaired) electrons. The maximum Gasteiger partial charge on any atom is 0.247 e. The molecule has 0 aliphatic rings. The summed E-state index contributed by atoms with van der Waals surface area (Å²) in [6, 6.07) is 1.14. The third kappa shape index (κ3) is 15.6. The Kier molecular flexibility index (Phi) is 13.0. The SMILES string of the molecule is C=C(C)C[C@@H](OCOCC[Si](C)(C)C)C(C)/C=C(C)/C=C/NC(=O)C=C(C)C. The molecule has 0 aliphatic heterocycles. The Balaban J connectivity index is 4.66. The van der Waals surface area contributed by atoms with E-state index in [9.17, 15) is 4.79 Å². The quantitative estimate of drug-likeness (QED) is 0.104. The molecule has 0 heterocycles. The minimum atomic E-state index is -1.08. The van der Waals surface area contributed by atoms with Gasteiger partial charge in [-0.25, -0.2) is 0 Å². The lowest BCUT2D eigenvalue weighted by Crippen LogP contribution is -2.25. The predicted octanol–water partition coefficient (Wildman–Crippen LogP) is 5.83. The van der Waals surface area contributed by atoms with Crippen LogP contribution in [0, 0.1) is 5.92 Å². The van der Waals surface area contributed by atoms with Gasteiger partial charge in [0.05, 0.1) is 6.10 Å². The molecule has 0 saturated carbocycles. The average molecular weight is 408 g/mol. The van der Waals surface area contributed by atoms with Crippen molar-refractivity contribution in [2.24, 2.45) is 5.92 Å². The smallest absolute Gasteiger partial charge is 0.247 e. The molecule has 0 aliphatic carbocycles. The Labute approximate surface area is 173 Å². The van der Waals surface area contributed by atoms with E-state index in [-0.39, 0.29) is 17.9 Å². The summed E-state index contributed by atoms with van der Waals surface area (Å²) in [5, 5.41) is 2.74. The zero-order valence-corrected chi connectivity index (χ0v) is 20.2. The van der Waals surface area contributed by atoms with E-state index in [2.05, 4.69) is 44.5 Å². The van der Waals surface area contributed by atoms with Gasteiger partial charge in [0.15, 0.2) is 0 Å². The third-order valence-corrected chi connectivity index (χ3v) is 5.72. The van der Waals surface area contributed by atoms with Crippen LogP contribution < -0.4 is 5.32 Å². The van der Waals surface area contributed by atoms with Crippen LogP contribution in [0.3, 0.4) is 0 Å². The second-order valence-electron chi connectivity index (χ2n) is 9.04. The number of amides is 1. The van der Waals surface area contributed by atoms with Crippen molar-refractivity contribution in [3.05, 3.63) is 47.7 Å². The highest BCUT2D eigenvalue weighted by molar-refractivity contribution is 6.76. The first-order chi connectivity index (χ1) is 12.9. The monoisotopic (exact) mass is 407 g/mol. The number of ether oxygens (including phenoxy) is 2. The van der Waals surface area contributed by atoms with Crippen LogP contribution in [0.1, 0.15) is 41.0 Å². The summed E-state index contributed by atoms with van der Waals surface area (Å²) in [4.78, 5) is 11.6. The average Bonchev–Trinajstić information content (AvgIpc) is 2.51. The molecule has 160 valence electrons. The lowest BCUT2D eigenvalue weighted by molar-refractivity contribution is -0.115. The van der Waals surface area contributed by atoms with Crippen molar-refractivity contribution in [2.45, 2.75) is 72.8 Å². The molecule has 28 heavy (non-hydrogen) atoms. The van der Waals surface area contributed by atoms with Gasteiger partial charge in [0.1, 0.15) is 6.79 Å². The zero-order valence-electron chi connectivity index (χ0n) is 19.2. The van der Waals surface area contributed by atoms with Crippen LogP contribution in [-0.2, 0) is 14.3 Å². The van der Waals surface area contributed by atoms with E-state index < -0.39 is 8.07 Å². The van der Waals surface area contributed by atoms with Gasteiger partial charge >= 0.3 is 0 Å². The number of nitrogens with one attached hydrogen (secondary N) is 1. The Morgan fingerprint density at radius 3 is 2.36 bits per heavy atom. The molecule has 4 nitrogen and oxygen atoms in total. The first kappa shape index (κ1) is 26.6. The molecule has 0 spiro atoms. The van der Waals surface area contributed by atoms with E-state index in [1.807, 2.05) is 33.8 Å². The molecule has 0 saturated heterocycles. The molecule has 1 N–H and O–H groups in total. The highest BCUT2D eigenvalue weighted by Crippen LogP contribution is 2.19. The van der Waals surface area contributed by atoms with E-state index in [1.165, 1.54) is 0 Å². The van der Waals surface area contributed by atoms with Crippen LogP contribution in [0.2, 0.25) is 25.7 Å². The molecule has 1 amide bonds. The van der Waals surface area contributed by atoms with E-state index in [1.54, 1.807) is 12.3 Å². The topological polar surface area (TPSA) is 47.6 Å². The van der Waals surface area contributed by atoms with Gasteiger partial charge in [0.2, 0.25) is 5.91 Å².